The summed E-state index contributed by atoms with van der Waals surface area (Å²) < 4.78 is 0. The number of para-hydroxylation sites is 1. The third kappa shape index (κ3) is 2.97. The fourth-order valence-electron chi connectivity index (χ4n) is 4.19. The van der Waals surface area contributed by atoms with Crippen molar-refractivity contribution in [3.05, 3.63) is 71.9 Å². The van der Waals surface area contributed by atoms with Crippen molar-refractivity contribution in [2.75, 3.05) is 13.1 Å². The van der Waals surface area contributed by atoms with Gasteiger partial charge in [0.15, 0.2) is 0 Å². The third-order valence-electron chi connectivity index (χ3n) is 5.58. The smallest absolute Gasteiger partial charge is 0.219 e. The van der Waals surface area contributed by atoms with Gasteiger partial charge in [-0.1, -0.05) is 48.5 Å². The fourth-order valence-corrected chi connectivity index (χ4v) is 4.19. The number of Topliss-reactive ketones (excluding diaryl/α,β-unsaturated/α-hetero) is 2. The zero-order chi connectivity index (χ0) is 18.1. The number of quaternary nitrogens is 1. The van der Waals surface area contributed by atoms with Crippen molar-refractivity contribution >= 4 is 22.5 Å². The minimum atomic E-state index is -0.0723. The number of nitrogens with one attached hydrogen (secondary N) is 2. The van der Waals surface area contributed by atoms with Gasteiger partial charge in [0.05, 0.1) is 18.9 Å². The molecule has 2 N–H and O–H groups in total. The Morgan fingerprint density at radius 3 is 2.65 bits per heavy atom. The van der Waals surface area contributed by atoms with E-state index in [1.54, 1.807) is 0 Å². The minimum absolute atomic E-state index is 0.0339. The number of aromatic amines is 1. The average molecular weight is 347 g/mol. The number of carbonyl (C=O) groups excluding carboxylic acids is 2. The molecule has 3 aromatic rings. The second-order valence-electron chi connectivity index (χ2n) is 7.15. The van der Waals surface area contributed by atoms with Crippen molar-refractivity contribution in [2.24, 2.45) is 5.92 Å². The fraction of sp³-hybridized carbons (Fsp3) is 0.273. The van der Waals surface area contributed by atoms with Crippen LogP contribution in [-0.4, -0.2) is 29.6 Å². The molecule has 0 saturated carbocycles. The molecular weight excluding hydrogens is 324 g/mol. The van der Waals surface area contributed by atoms with Crippen molar-refractivity contribution < 1.29 is 14.5 Å². The lowest BCUT2D eigenvalue weighted by atomic mass is 9.84. The summed E-state index contributed by atoms with van der Waals surface area (Å²) >= 11 is 0. The van der Waals surface area contributed by atoms with Crippen molar-refractivity contribution in [1.29, 1.82) is 0 Å². The van der Waals surface area contributed by atoms with Crippen molar-refractivity contribution in [3.63, 3.8) is 0 Å². The number of likely N-dealkylation sites (tertiary alicyclic amines) is 1. The first kappa shape index (κ1) is 16.7. The molecule has 4 rings (SSSR count). The van der Waals surface area contributed by atoms with Gasteiger partial charge in [0.25, 0.3) is 0 Å². The summed E-state index contributed by atoms with van der Waals surface area (Å²) in [5.41, 5.74) is 2.85. The molecule has 132 valence electrons. The molecule has 1 unspecified atom stereocenters. The Labute approximate surface area is 152 Å². The van der Waals surface area contributed by atoms with Gasteiger partial charge in [-0.3, -0.25) is 9.59 Å². The Kier molecular flexibility index (Phi) is 4.43. The maximum absolute atomic E-state index is 13.0. The molecule has 4 nitrogen and oxygen atoms in total. The van der Waals surface area contributed by atoms with E-state index in [0.717, 1.165) is 22.0 Å². The molecule has 2 aromatic carbocycles. The summed E-state index contributed by atoms with van der Waals surface area (Å²) in [6.07, 6.45) is 2.35. The lowest BCUT2D eigenvalue weighted by molar-refractivity contribution is -0.929. The van der Waals surface area contributed by atoms with Crippen molar-refractivity contribution in [2.45, 2.75) is 19.4 Å². The molecule has 0 radical (unpaired) electrons. The predicted octanol–water partition coefficient (Wildman–Crippen LogP) is 2.59. The molecule has 1 aromatic heterocycles. The highest BCUT2D eigenvalue weighted by molar-refractivity contribution is 6.08. The van der Waals surface area contributed by atoms with Crippen LogP contribution in [0.1, 0.15) is 35.3 Å². The first-order chi connectivity index (χ1) is 12.6. The molecule has 3 atom stereocenters. The lowest BCUT2D eigenvalue weighted by Gasteiger charge is -2.36. The number of ketones is 2. The Morgan fingerprint density at radius 2 is 1.85 bits per heavy atom. The molecule has 0 amide bonds. The highest BCUT2D eigenvalue weighted by Gasteiger charge is 2.39. The maximum atomic E-state index is 13.0. The lowest BCUT2D eigenvalue weighted by Crippen LogP contribution is -3.15. The highest BCUT2D eigenvalue weighted by atomic mass is 16.1. The zero-order valence-corrected chi connectivity index (χ0v) is 14.9. The molecule has 1 fully saturated rings. The van der Waals surface area contributed by atoms with Gasteiger partial charge in [-0.2, -0.15) is 0 Å². The molecule has 0 spiro atoms. The van der Waals surface area contributed by atoms with E-state index < -0.39 is 0 Å². The molecule has 1 aliphatic heterocycles. The number of carbonyl (C=O) groups is 2. The summed E-state index contributed by atoms with van der Waals surface area (Å²) in [7, 11) is 0. The van der Waals surface area contributed by atoms with Crippen LogP contribution in [0.15, 0.2) is 60.8 Å². The third-order valence-corrected chi connectivity index (χ3v) is 5.58. The van der Waals surface area contributed by atoms with Crippen LogP contribution in [0.5, 0.6) is 0 Å². The van der Waals surface area contributed by atoms with E-state index in [4.69, 9.17) is 0 Å². The van der Waals surface area contributed by atoms with Gasteiger partial charge in [-0.15, -0.1) is 0 Å². The minimum Gasteiger partial charge on any atom is -0.360 e. The number of hydrogen-bond acceptors (Lipinski definition) is 2. The second-order valence-corrected chi connectivity index (χ2v) is 7.15. The number of aromatic nitrogens is 1. The van der Waals surface area contributed by atoms with Crippen molar-refractivity contribution in [1.82, 2.24) is 4.98 Å². The van der Waals surface area contributed by atoms with Crippen LogP contribution in [0.4, 0.5) is 0 Å². The summed E-state index contributed by atoms with van der Waals surface area (Å²) in [6.45, 7) is 3.10. The van der Waals surface area contributed by atoms with Gasteiger partial charge in [-0.05, 0) is 13.0 Å². The van der Waals surface area contributed by atoms with Gasteiger partial charge in [0, 0.05) is 28.2 Å². The Morgan fingerprint density at radius 1 is 1.12 bits per heavy atom. The molecule has 0 aliphatic carbocycles. The van der Waals surface area contributed by atoms with Crippen LogP contribution in [0, 0.1) is 5.92 Å². The van der Waals surface area contributed by atoms with Crippen LogP contribution < -0.4 is 4.90 Å². The standard InChI is InChI=1S/C22H22N2O2/c1-15-20(25)11-12-24(22(15)16-7-3-2-4-8-16)14-21(26)18-13-23-19-10-6-5-9-17(18)19/h2-10,13,15,22-23H,11-12,14H2,1H3/p+1/t15-,22-/m0/s1. The van der Waals surface area contributed by atoms with Gasteiger partial charge < -0.3 is 9.88 Å². The molecule has 1 saturated heterocycles. The number of H-pyrrole nitrogens is 1. The second kappa shape index (κ2) is 6.89. The predicted molar refractivity (Wildman–Crippen MR) is 101 cm³/mol. The number of benzene rings is 2. The number of hydrogen-bond donors (Lipinski definition) is 2. The van der Waals surface area contributed by atoms with Crippen LogP contribution in [-0.2, 0) is 4.79 Å². The van der Waals surface area contributed by atoms with Crippen LogP contribution in [0.3, 0.4) is 0 Å². The summed E-state index contributed by atoms with van der Waals surface area (Å²) in [5.74, 6) is 0.346. The van der Waals surface area contributed by atoms with E-state index in [2.05, 4.69) is 17.1 Å². The van der Waals surface area contributed by atoms with Crippen LogP contribution in [0.2, 0.25) is 0 Å². The molecular formula is C22H23N2O2+. The Hall–Kier alpha value is -2.72. The quantitative estimate of drug-likeness (QED) is 0.713. The van der Waals surface area contributed by atoms with Crippen LogP contribution in [0.25, 0.3) is 10.9 Å². The molecule has 0 bridgehead atoms. The molecule has 1 aliphatic rings. The van der Waals surface area contributed by atoms with E-state index in [0.29, 0.717) is 25.3 Å². The largest absolute Gasteiger partial charge is 0.360 e. The van der Waals surface area contributed by atoms with E-state index in [1.165, 1.54) is 4.90 Å². The van der Waals surface area contributed by atoms with Gasteiger partial charge >= 0.3 is 0 Å². The van der Waals surface area contributed by atoms with E-state index >= 15 is 0 Å². The van der Waals surface area contributed by atoms with Gasteiger partial charge in [0.1, 0.15) is 18.4 Å². The number of piperidine rings is 1. The van der Waals surface area contributed by atoms with Crippen LogP contribution >= 0.6 is 0 Å². The molecule has 26 heavy (non-hydrogen) atoms. The maximum Gasteiger partial charge on any atom is 0.219 e. The topological polar surface area (TPSA) is 54.4 Å². The molecule has 2 heterocycles. The van der Waals surface area contributed by atoms with Crippen molar-refractivity contribution in [3.8, 4) is 0 Å². The summed E-state index contributed by atoms with van der Waals surface area (Å²) in [6, 6.07) is 18.0. The summed E-state index contributed by atoms with van der Waals surface area (Å²) in [5, 5.41) is 0.967. The zero-order valence-electron chi connectivity index (χ0n) is 14.9. The summed E-state index contributed by atoms with van der Waals surface area (Å²) in [4.78, 5) is 29.7. The highest BCUT2D eigenvalue weighted by Crippen LogP contribution is 2.24. The number of rotatable bonds is 4. The molecule has 4 heteroatoms. The van der Waals surface area contributed by atoms with E-state index in [9.17, 15) is 9.59 Å². The average Bonchev–Trinajstić information content (AvgIpc) is 3.10. The van der Waals surface area contributed by atoms with E-state index in [-0.39, 0.29) is 17.7 Å². The first-order valence-electron chi connectivity index (χ1n) is 9.16. The number of fused-ring (bicyclic) bond motifs is 1. The van der Waals surface area contributed by atoms with Gasteiger partial charge in [-0.25, -0.2) is 0 Å². The monoisotopic (exact) mass is 347 g/mol. The van der Waals surface area contributed by atoms with E-state index in [1.807, 2.05) is 55.6 Å². The normalized spacial score (nSPS) is 23.3. The Balaban J connectivity index is 1.63. The van der Waals surface area contributed by atoms with Gasteiger partial charge in [0.2, 0.25) is 5.78 Å². The Bertz CT molecular complexity index is 945. The first-order valence-corrected chi connectivity index (χ1v) is 9.16. The SMILES string of the molecule is C[C@H]1C(=O)CC[NH+](CC(=O)c2c[nH]c3ccccc23)[C@@H]1c1ccccc1.